The molecular formula is C15H24N2O9. The molecule has 0 aliphatic carbocycles. The van der Waals surface area contributed by atoms with Crippen molar-refractivity contribution in [3.05, 3.63) is 0 Å². The molecule has 2 amide bonds. The fraction of sp³-hybridized carbons (Fsp3) is 0.667. The number of ether oxygens (including phenoxy) is 1. The molecule has 148 valence electrons. The van der Waals surface area contributed by atoms with Crippen molar-refractivity contribution in [1.82, 2.24) is 10.6 Å². The summed E-state index contributed by atoms with van der Waals surface area (Å²) >= 11 is 0. The predicted octanol–water partition coefficient (Wildman–Crippen LogP) is 0.0362. The second-order valence-electron chi connectivity index (χ2n) is 6.79. The maximum absolute atomic E-state index is 11.2. The summed E-state index contributed by atoms with van der Waals surface area (Å²) in [6.45, 7) is 6.80. The summed E-state index contributed by atoms with van der Waals surface area (Å²) in [4.78, 5) is 53.1. The van der Waals surface area contributed by atoms with Crippen molar-refractivity contribution in [1.29, 1.82) is 0 Å². The average molecular weight is 376 g/mol. The van der Waals surface area contributed by atoms with Gasteiger partial charge in [0, 0.05) is 6.54 Å². The Morgan fingerprint density at radius 3 is 1.88 bits per heavy atom. The van der Waals surface area contributed by atoms with Crippen LogP contribution in [-0.4, -0.2) is 63.4 Å². The number of alkyl carbamates (subject to hydrolysis) is 1. The molecule has 1 atom stereocenters. The van der Waals surface area contributed by atoms with E-state index in [9.17, 15) is 24.0 Å². The molecule has 1 aliphatic rings. The molecule has 0 spiro atoms. The van der Waals surface area contributed by atoms with Crippen LogP contribution in [0.2, 0.25) is 0 Å². The van der Waals surface area contributed by atoms with Crippen molar-refractivity contribution < 1.29 is 44.0 Å². The van der Waals surface area contributed by atoms with Crippen LogP contribution in [-0.2, 0) is 23.9 Å². The Morgan fingerprint density at radius 2 is 1.62 bits per heavy atom. The van der Waals surface area contributed by atoms with E-state index >= 15 is 0 Å². The van der Waals surface area contributed by atoms with E-state index in [2.05, 4.69) is 10.6 Å². The molecule has 11 nitrogen and oxygen atoms in total. The molecule has 1 fully saturated rings. The van der Waals surface area contributed by atoms with E-state index < -0.39 is 47.5 Å². The van der Waals surface area contributed by atoms with Crippen molar-refractivity contribution in [2.75, 3.05) is 6.54 Å². The van der Waals surface area contributed by atoms with E-state index in [1.54, 1.807) is 20.8 Å². The Morgan fingerprint density at radius 1 is 1.12 bits per heavy atom. The standard InChI is InChI=1S/C9H16N2O3.C6H8O6/c1-9(2,3)14-8(13)11-6-4-5-10-7(6)12;1-6(4(9)10,5(11)12)2-3(7)8/h6H,4-5H2,1-3H3,(H,10,12)(H,11,13);2H2,1H3,(H,7,8)(H,9,10)(H,11,12)/t6-;/m0./s1. The van der Waals surface area contributed by atoms with Crippen LogP contribution >= 0.6 is 0 Å². The number of carbonyl (C=O) groups excluding carboxylic acids is 2. The minimum Gasteiger partial charge on any atom is -0.481 e. The van der Waals surface area contributed by atoms with Crippen molar-refractivity contribution in [2.24, 2.45) is 5.41 Å². The largest absolute Gasteiger partial charge is 0.481 e. The summed E-state index contributed by atoms with van der Waals surface area (Å²) in [5, 5.41) is 30.2. The number of rotatable bonds is 5. The van der Waals surface area contributed by atoms with Gasteiger partial charge in [-0.15, -0.1) is 0 Å². The summed E-state index contributed by atoms with van der Waals surface area (Å²) in [6.07, 6.45) is -0.852. The number of nitrogens with one attached hydrogen (secondary N) is 2. The van der Waals surface area contributed by atoms with E-state index in [0.29, 0.717) is 13.0 Å². The zero-order chi connectivity index (χ0) is 20.7. The lowest BCUT2D eigenvalue weighted by atomic mass is 9.87. The van der Waals surface area contributed by atoms with Crippen LogP contribution in [0.4, 0.5) is 4.79 Å². The molecule has 1 heterocycles. The molecule has 11 heteroatoms. The zero-order valence-electron chi connectivity index (χ0n) is 15.0. The highest BCUT2D eigenvalue weighted by atomic mass is 16.6. The van der Waals surface area contributed by atoms with E-state index in [4.69, 9.17) is 20.1 Å². The molecule has 0 bridgehead atoms. The first kappa shape index (κ1) is 23.1. The third kappa shape index (κ3) is 7.81. The van der Waals surface area contributed by atoms with Gasteiger partial charge in [-0.3, -0.25) is 19.2 Å². The minimum absolute atomic E-state index is 0.143. The van der Waals surface area contributed by atoms with Crippen molar-refractivity contribution >= 4 is 29.9 Å². The summed E-state index contributed by atoms with van der Waals surface area (Å²) in [7, 11) is 0. The van der Waals surface area contributed by atoms with Gasteiger partial charge in [0.05, 0.1) is 6.42 Å². The van der Waals surface area contributed by atoms with Gasteiger partial charge in [-0.2, -0.15) is 0 Å². The second-order valence-corrected chi connectivity index (χ2v) is 6.79. The Hall–Kier alpha value is -2.85. The highest BCUT2D eigenvalue weighted by Crippen LogP contribution is 2.21. The number of aliphatic carboxylic acids is 3. The number of carboxylic acid groups (broad SMARTS) is 3. The van der Waals surface area contributed by atoms with Gasteiger partial charge >= 0.3 is 24.0 Å². The van der Waals surface area contributed by atoms with Gasteiger partial charge < -0.3 is 30.7 Å². The first-order valence-corrected chi connectivity index (χ1v) is 7.65. The Bertz CT molecular complexity index is 566. The van der Waals surface area contributed by atoms with Crippen LogP contribution in [0.15, 0.2) is 0 Å². The van der Waals surface area contributed by atoms with Gasteiger partial charge in [-0.25, -0.2) is 4.79 Å². The van der Waals surface area contributed by atoms with Gasteiger partial charge in [0.15, 0.2) is 5.41 Å². The van der Waals surface area contributed by atoms with Crippen LogP contribution in [0.1, 0.15) is 40.5 Å². The number of carboxylic acids is 3. The number of carbonyl (C=O) groups is 5. The van der Waals surface area contributed by atoms with E-state index in [-0.39, 0.29) is 5.91 Å². The molecule has 26 heavy (non-hydrogen) atoms. The lowest BCUT2D eigenvalue weighted by Gasteiger charge is -2.20. The van der Waals surface area contributed by atoms with Crippen molar-refractivity contribution in [3.8, 4) is 0 Å². The number of hydrogen-bond acceptors (Lipinski definition) is 6. The average Bonchev–Trinajstić information content (AvgIpc) is 2.81. The van der Waals surface area contributed by atoms with Crippen LogP contribution in [0.25, 0.3) is 0 Å². The maximum atomic E-state index is 11.2. The monoisotopic (exact) mass is 376 g/mol. The van der Waals surface area contributed by atoms with E-state index in [0.717, 1.165) is 6.92 Å². The summed E-state index contributed by atoms with van der Waals surface area (Å²) in [6, 6.07) is -0.440. The molecule has 1 saturated heterocycles. The highest BCUT2D eigenvalue weighted by Gasteiger charge is 2.43. The van der Waals surface area contributed by atoms with Crippen LogP contribution in [0.5, 0.6) is 0 Å². The Balaban J connectivity index is 0.000000488. The quantitative estimate of drug-likeness (QED) is 0.414. The normalized spacial score (nSPS) is 16.6. The van der Waals surface area contributed by atoms with E-state index in [1.165, 1.54) is 0 Å². The third-order valence-corrected chi connectivity index (χ3v) is 3.19. The lowest BCUT2D eigenvalue weighted by Crippen LogP contribution is -2.42. The molecule has 5 N–H and O–H groups in total. The lowest BCUT2D eigenvalue weighted by molar-refractivity contribution is -0.168. The van der Waals surface area contributed by atoms with Crippen LogP contribution in [0, 0.1) is 5.41 Å². The SMILES string of the molecule is CC(C)(C)OC(=O)N[C@H]1CCNC1=O.CC(CC(=O)O)(C(=O)O)C(=O)O. The van der Waals surface area contributed by atoms with Gasteiger partial charge in [0.2, 0.25) is 5.91 Å². The van der Waals surface area contributed by atoms with Crippen molar-refractivity contribution in [3.63, 3.8) is 0 Å². The fourth-order valence-corrected chi connectivity index (χ4v) is 1.73. The molecule has 0 saturated carbocycles. The first-order valence-electron chi connectivity index (χ1n) is 7.65. The third-order valence-electron chi connectivity index (χ3n) is 3.19. The molecule has 0 radical (unpaired) electrons. The fourth-order valence-electron chi connectivity index (χ4n) is 1.73. The van der Waals surface area contributed by atoms with Crippen LogP contribution < -0.4 is 10.6 Å². The minimum atomic E-state index is -2.24. The molecule has 1 aliphatic heterocycles. The number of hydrogen-bond donors (Lipinski definition) is 5. The summed E-state index contributed by atoms with van der Waals surface area (Å²) < 4.78 is 5.02. The Labute approximate surface area is 149 Å². The smallest absolute Gasteiger partial charge is 0.408 e. The van der Waals surface area contributed by atoms with Crippen LogP contribution in [0.3, 0.4) is 0 Å². The maximum Gasteiger partial charge on any atom is 0.408 e. The second kappa shape index (κ2) is 9.02. The van der Waals surface area contributed by atoms with Gasteiger partial charge in [-0.1, -0.05) is 0 Å². The van der Waals surface area contributed by atoms with Gasteiger partial charge in [0.1, 0.15) is 11.6 Å². The molecule has 1 rings (SSSR count). The number of amides is 2. The summed E-state index contributed by atoms with van der Waals surface area (Å²) in [5.41, 5.74) is -2.77. The topological polar surface area (TPSA) is 179 Å². The predicted molar refractivity (Wildman–Crippen MR) is 86.4 cm³/mol. The molecule has 0 unspecified atom stereocenters. The van der Waals surface area contributed by atoms with Gasteiger partial charge in [-0.05, 0) is 34.1 Å². The highest BCUT2D eigenvalue weighted by molar-refractivity contribution is 6.00. The Kier molecular flexibility index (Phi) is 8.03. The zero-order valence-corrected chi connectivity index (χ0v) is 15.0. The molecule has 0 aromatic heterocycles. The molecule has 0 aromatic carbocycles. The molecule has 0 aromatic rings. The van der Waals surface area contributed by atoms with E-state index in [1.807, 2.05) is 0 Å². The summed E-state index contributed by atoms with van der Waals surface area (Å²) in [5.74, 6) is -4.91. The van der Waals surface area contributed by atoms with Gasteiger partial charge in [0.25, 0.3) is 0 Å². The first-order chi connectivity index (χ1) is 11.7. The van der Waals surface area contributed by atoms with Crippen molar-refractivity contribution in [2.45, 2.75) is 52.2 Å². The molecular weight excluding hydrogens is 352 g/mol.